The number of piperazine rings is 1. The van der Waals surface area contributed by atoms with Gasteiger partial charge in [0, 0.05) is 61.2 Å². The lowest BCUT2D eigenvalue weighted by Gasteiger charge is -2.36. The quantitative estimate of drug-likeness (QED) is 0.203. The van der Waals surface area contributed by atoms with E-state index >= 15 is 0 Å². The van der Waals surface area contributed by atoms with Crippen molar-refractivity contribution in [3.63, 3.8) is 0 Å². The van der Waals surface area contributed by atoms with Gasteiger partial charge in [0.2, 0.25) is 0 Å². The predicted octanol–water partition coefficient (Wildman–Crippen LogP) is 4.79. The summed E-state index contributed by atoms with van der Waals surface area (Å²) >= 11 is 4.51. The zero-order valence-corrected chi connectivity index (χ0v) is 20.3. The molecule has 5 nitrogen and oxygen atoms in total. The van der Waals surface area contributed by atoms with E-state index in [0.717, 1.165) is 42.3 Å². The molecular formula is C25H33FN3O2S+. The van der Waals surface area contributed by atoms with Gasteiger partial charge in [0.25, 0.3) is 5.69 Å². The summed E-state index contributed by atoms with van der Waals surface area (Å²) in [7, 11) is 1.53. The molecule has 0 aromatic heterocycles. The van der Waals surface area contributed by atoms with Crippen LogP contribution in [0.25, 0.3) is 0 Å². The Balaban J connectivity index is 1.57. The number of hydrogen-bond acceptors (Lipinski definition) is 5. The minimum absolute atomic E-state index is 0.0903. The molecule has 3 rings (SSSR count). The highest BCUT2D eigenvalue weighted by Gasteiger charge is 2.23. The van der Waals surface area contributed by atoms with E-state index in [9.17, 15) is 9.18 Å². The molecule has 0 amide bonds. The molecular weight excluding hydrogens is 425 g/mol. The largest absolute Gasteiger partial charge is 0.369 e. The van der Waals surface area contributed by atoms with Gasteiger partial charge in [0.05, 0.1) is 4.90 Å². The van der Waals surface area contributed by atoms with Crippen LogP contribution in [0.3, 0.4) is 0 Å². The lowest BCUT2D eigenvalue weighted by atomic mass is 9.99. The van der Waals surface area contributed by atoms with Crippen molar-refractivity contribution in [2.75, 3.05) is 44.7 Å². The summed E-state index contributed by atoms with van der Waals surface area (Å²) in [5, 5.41) is 0. The Labute approximate surface area is 195 Å². The lowest BCUT2D eigenvalue weighted by molar-refractivity contribution is -0.715. The first kappa shape index (κ1) is 24.3. The molecule has 1 aliphatic heterocycles. The first-order valence-electron chi connectivity index (χ1n) is 10.9. The summed E-state index contributed by atoms with van der Waals surface area (Å²) in [5.41, 5.74) is 2.62. The molecule has 0 unspecified atom stereocenters. The summed E-state index contributed by atoms with van der Waals surface area (Å²) in [6.07, 6.45) is 0.445. The number of thiol groups is 1. The van der Waals surface area contributed by atoms with Gasteiger partial charge in [-0.2, -0.15) is 0 Å². The van der Waals surface area contributed by atoms with E-state index in [1.54, 1.807) is 19.9 Å². The molecule has 1 aliphatic rings. The molecule has 1 saturated heterocycles. The number of hydrogen-bond donors (Lipinski definition) is 1. The van der Waals surface area contributed by atoms with Crippen LogP contribution in [0.1, 0.15) is 41.8 Å². The van der Waals surface area contributed by atoms with Crippen LogP contribution in [-0.4, -0.2) is 62.0 Å². The van der Waals surface area contributed by atoms with E-state index in [-0.39, 0.29) is 5.78 Å². The Morgan fingerprint density at radius 1 is 1.22 bits per heavy atom. The Hall–Kier alpha value is -2.38. The molecule has 7 heteroatoms. The van der Waals surface area contributed by atoms with E-state index in [4.69, 9.17) is 4.84 Å². The van der Waals surface area contributed by atoms with Gasteiger partial charge in [0.1, 0.15) is 12.8 Å². The van der Waals surface area contributed by atoms with Crippen LogP contribution in [0.15, 0.2) is 41.3 Å². The summed E-state index contributed by atoms with van der Waals surface area (Å²) in [4.78, 5) is 23.3. The Kier molecular flexibility index (Phi) is 7.62. The molecule has 0 radical (unpaired) electrons. The van der Waals surface area contributed by atoms with E-state index in [1.165, 1.54) is 11.8 Å². The molecule has 32 heavy (non-hydrogen) atoms. The normalized spacial score (nSPS) is 15.0. The van der Waals surface area contributed by atoms with E-state index in [1.807, 2.05) is 37.3 Å². The number of Topliss-reactive ketones (excluding diaryl/α,β-unsaturated/α-hetero) is 1. The van der Waals surface area contributed by atoms with Crippen LogP contribution >= 0.6 is 12.6 Å². The minimum Gasteiger partial charge on any atom is -0.369 e. The summed E-state index contributed by atoms with van der Waals surface area (Å²) < 4.78 is 15.7. The topological polar surface area (TPSA) is 35.8 Å². The number of anilines is 1. The van der Waals surface area contributed by atoms with Crippen LogP contribution in [0.4, 0.5) is 15.8 Å². The Morgan fingerprint density at radius 2 is 1.91 bits per heavy atom. The molecule has 1 heterocycles. The number of carbonyl (C=O) groups excluding carboxylic acids is 1. The number of nitrogens with zero attached hydrogens (tertiary/aromatic N) is 3. The second kappa shape index (κ2) is 10.0. The number of alkyl halides is 1. The van der Waals surface area contributed by atoms with E-state index in [2.05, 4.69) is 29.1 Å². The third kappa shape index (κ3) is 5.70. The number of rotatable bonds is 8. The average Bonchev–Trinajstić information content (AvgIpc) is 2.78. The number of halogens is 1. The first-order chi connectivity index (χ1) is 15.1. The van der Waals surface area contributed by atoms with Crippen molar-refractivity contribution in [3.8, 4) is 0 Å². The fraction of sp³-hybridized carbons (Fsp3) is 0.440. The van der Waals surface area contributed by atoms with Crippen molar-refractivity contribution in [3.05, 3.63) is 53.1 Å². The number of aryl methyl sites for hydroxylation is 1. The summed E-state index contributed by atoms with van der Waals surface area (Å²) in [6.45, 7) is 13.1. The molecule has 172 valence electrons. The van der Waals surface area contributed by atoms with Gasteiger partial charge in [-0.3, -0.25) is 14.5 Å². The Morgan fingerprint density at radius 3 is 2.53 bits per heavy atom. The maximum atomic E-state index is 14.3. The molecule has 2 aromatic rings. The minimum atomic E-state index is -1.35. The molecule has 0 aliphatic carbocycles. The van der Waals surface area contributed by atoms with Crippen molar-refractivity contribution in [1.82, 2.24) is 4.90 Å². The zero-order chi connectivity index (χ0) is 23.5. The lowest BCUT2D eigenvalue weighted by Crippen LogP contribution is -2.47. The first-order valence-corrected chi connectivity index (χ1v) is 11.3. The highest BCUT2D eigenvalue weighted by atomic mass is 32.1. The van der Waals surface area contributed by atoms with Gasteiger partial charge < -0.3 is 4.90 Å². The molecule has 2 aromatic carbocycles. The van der Waals surface area contributed by atoms with Crippen LogP contribution in [-0.2, 0) is 10.5 Å². The third-order valence-electron chi connectivity index (χ3n) is 6.02. The number of benzene rings is 2. The fourth-order valence-corrected chi connectivity index (χ4v) is 4.16. The molecule has 0 spiro atoms. The van der Waals surface area contributed by atoms with Crippen molar-refractivity contribution < 1.29 is 18.8 Å². The Bertz CT molecular complexity index is 995. The third-order valence-corrected chi connectivity index (χ3v) is 6.60. The van der Waals surface area contributed by atoms with Crippen molar-refractivity contribution >= 4 is 36.5 Å². The van der Waals surface area contributed by atoms with Crippen molar-refractivity contribution in [2.24, 2.45) is 0 Å². The van der Waals surface area contributed by atoms with Crippen molar-refractivity contribution in [1.29, 1.82) is 0 Å². The molecule has 0 saturated carbocycles. The van der Waals surface area contributed by atoms with Crippen molar-refractivity contribution in [2.45, 2.75) is 37.8 Å². The monoisotopic (exact) mass is 458 g/mol. The molecule has 1 fully saturated rings. The zero-order valence-electron chi connectivity index (χ0n) is 19.4. The van der Waals surface area contributed by atoms with Crippen LogP contribution in [0, 0.1) is 6.92 Å². The highest BCUT2D eigenvalue weighted by Crippen LogP contribution is 2.29. The smallest absolute Gasteiger partial charge is 0.270 e. The van der Waals surface area contributed by atoms with Gasteiger partial charge >= 0.3 is 0 Å². The SMILES string of the molecule is C=[N+](OC)c1cc(C(=O)CCN2CCN(c3cccc(C(C)(C)F)c3)CC2)cc(C)c1S. The predicted molar refractivity (Wildman–Crippen MR) is 131 cm³/mol. The summed E-state index contributed by atoms with van der Waals surface area (Å²) in [5.74, 6) is 0.0903. The van der Waals surface area contributed by atoms with E-state index < -0.39 is 5.67 Å². The summed E-state index contributed by atoms with van der Waals surface area (Å²) in [6, 6.07) is 11.4. The maximum Gasteiger partial charge on any atom is 0.270 e. The van der Waals surface area contributed by atoms with E-state index in [0.29, 0.717) is 29.8 Å². The number of ketones is 1. The van der Waals surface area contributed by atoms with Gasteiger partial charge in [0.15, 0.2) is 12.5 Å². The molecule has 0 N–H and O–H groups in total. The van der Waals surface area contributed by atoms with Crippen LogP contribution in [0.5, 0.6) is 0 Å². The molecule has 0 bridgehead atoms. The average molecular weight is 459 g/mol. The van der Waals surface area contributed by atoms with Gasteiger partial charge in [-0.1, -0.05) is 12.1 Å². The van der Waals surface area contributed by atoms with Crippen LogP contribution < -0.4 is 4.90 Å². The van der Waals surface area contributed by atoms with Gasteiger partial charge in [-0.05, 0) is 50.1 Å². The maximum absolute atomic E-state index is 14.3. The van der Waals surface area contributed by atoms with Gasteiger partial charge in [-0.15, -0.1) is 12.6 Å². The number of carbonyl (C=O) groups is 1. The highest BCUT2D eigenvalue weighted by molar-refractivity contribution is 7.80. The fourth-order valence-electron chi connectivity index (χ4n) is 3.92. The standard InChI is InChI=1S/C25H32FN3O2S/c1-18-15-19(16-22(24(18)32)27(4)31-5)23(30)9-10-28-11-13-29(14-12-28)21-8-6-7-20(17-21)25(2,3)26/h6-8,15-17H,4,9-14H2,1-3,5H3/p+1. The van der Waals surface area contributed by atoms with Gasteiger partial charge in [-0.25, -0.2) is 4.39 Å². The second-order valence-electron chi connectivity index (χ2n) is 8.75. The second-order valence-corrected chi connectivity index (χ2v) is 9.19. The van der Waals surface area contributed by atoms with Crippen LogP contribution in [0.2, 0.25) is 0 Å². The molecule has 0 atom stereocenters.